The molecule has 0 atom stereocenters. The van der Waals surface area contributed by atoms with Gasteiger partial charge >= 0.3 is 0 Å². The number of thiazole rings is 1. The summed E-state index contributed by atoms with van der Waals surface area (Å²) in [5.41, 5.74) is 3.80. The molecule has 0 aliphatic carbocycles. The topological polar surface area (TPSA) is 58.6 Å². The molecule has 0 aliphatic heterocycles. The second-order valence-electron chi connectivity index (χ2n) is 3.72. The van der Waals surface area contributed by atoms with Crippen LogP contribution >= 0.6 is 11.3 Å². The van der Waals surface area contributed by atoms with E-state index in [2.05, 4.69) is 15.0 Å². The molecule has 0 unspecified atom stereocenters. The van der Waals surface area contributed by atoms with Crippen molar-refractivity contribution in [3.63, 3.8) is 0 Å². The van der Waals surface area contributed by atoms with Crippen molar-refractivity contribution < 1.29 is 0 Å². The van der Waals surface area contributed by atoms with Gasteiger partial charge in [-0.15, -0.1) is 11.3 Å². The summed E-state index contributed by atoms with van der Waals surface area (Å²) in [5.74, 6) is 0.502. The summed E-state index contributed by atoms with van der Waals surface area (Å²) in [6, 6.07) is 11.1. The van der Waals surface area contributed by atoms with Crippen LogP contribution in [0.25, 0.3) is 22.8 Å². The van der Waals surface area contributed by atoms with Gasteiger partial charge in [-0.25, -0.2) is 9.97 Å². The second kappa shape index (κ2) is 4.54. The number of nitrogens with zero attached hydrogens (tertiary/aromatic N) is 2. The summed E-state index contributed by atoms with van der Waals surface area (Å²) in [5, 5.41) is 1.85. The lowest BCUT2D eigenvalue weighted by Crippen LogP contribution is -2.08. The Morgan fingerprint density at radius 2 is 1.94 bits per heavy atom. The van der Waals surface area contributed by atoms with E-state index in [1.165, 1.54) is 17.4 Å². The Balaban J connectivity index is 2.15. The highest BCUT2D eigenvalue weighted by Gasteiger charge is 2.06. The van der Waals surface area contributed by atoms with E-state index in [0.717, 1.165) is 5.56 Å². The maximum atomic E-state index is 11.7. The molecule has 1 N–H and O–H groups in total. The van der Waals surface area contributed by atoms with Crippen molar-refractivity contribution in [3.8, 4) is 22.8 Å². The molecule has 3 aromatic rings. The Kier molecular flexibility index (Phi) is 2.74. The van der Waals surface area contributed by atoms with Crippen LogP contribution in [0.5, 0.6) is 0 Å². The minimum absolute atomic E-state index is 0.174. The van der Waals surface area contributed by atoms with Gasteiger partial charge in [0.1, 0.15) is 5.69 Å². The van der Waals surface area contributed by atoms with Crippen molar-refractivity contribution in [2.24, 2.45) is 0 Å². The first-order valence-electron chi connectivity index (χ1n) is 5.38. The first-order valence-corrected chi connectivity index (χ1v) is 6.32. The maximum Gasteiger partial charge on any atom is 0.251 e. The van der Waals surface area contributed by atoms with Crippen LogP contribution in [0.1, 0.15) is 0 Å². The van der Waals surface area contributed by atoms with Crippen molar-refractivity contribution >= 4 is 11.3 Å². The fourth-order valence-corrected chi connectivity index (χ4v) is 2.20. The molecular weight excluding hydrogens is 246 g/mol. The van der Waals surface area contributed by atoms with Crippen LogP contribution in [0.2, 0.25) is 0 Å². The molecule has 0 saturated heterocycles. The molecule has 2 heterocycles. The maximum absolute atomic E-state index is 11.7. The quantitative estimate of drug-likeness (QED) is 0.765. The Morgan fingerprint density at radius 1 is 1.11 bits per heavy atom. The van der Waals surface area contributed by atoms with Crippen molar-refractivity contribution in [1.29, 1.82) is 0 Å². The molecule has 0 fully saturated rings. The molecule has 5 heteroatoms. The highest BCUT2D eigenvalue weighted by molar-refractivity contribution is 7.07. The van der Waals surface area contributed by atoms with Gasteiger partial charge in [-0.3, -0.25) is 4.79 Å². The molecule has 1 aromatic carbocycles. The van der Waals surface area contributed by atoms with E-state index in [9.17, 15) is 4.79 Å². The minimum atomic E-state index is -0.174. The summed E-state index contributed by atoms with van der Waals surface area (Å²) in [6.07, 6.45) is 0. The van der Waals surface area contributed by atoms with Gasteiger partial charge in [-0.2, -0.15) is 0 Å². The smallest absolute Gasteiger partial charge is 0.251 e. The molecule has 4 nitrogen and oxygen atoms in total. The Hall–Kier alpha value is -2.27. The van der Waals surface area contributed by atoms with E-state index < -0.39 is 0 Å². The second-order valence-corrected chi connectivity index (χ2v) is 4.44. The highest BCUT2D eigenvalue weighted by atomic mass is 32.1. The lowest BCUT2D eigenvalue weighted by atomic mass is 10.1. The van der Waals surface area contributed by atoms with Crippen LogP contribution in [0.15, 0.2) is 52.1 Å². The molecule has 18 heavy (non-hydrogen) atoms. The summed E-state index contributed by atoms with van der Waals surface area (Å²) in [7, 11) is 0. The van der Waals surface area contributed by atoms with Crippen LogP contribution in [0.4, 0.5) is 0 Å². The SMILES string of the molecule is O=c1cc(-c2ccccc2)nc(-c2cscn2)[nH]1. The monoisotopic (exact) mass is 255 g/mol. The minimum Gasteiger partial charge on any atom is -0.305 e. The van der Waals surface area contributed by atoms with E-state index in [0.29, 0.717) is 17.2 Å². The van der Waals surface area contributed by atoms with Gasteiger partial charge in [0.05, 0.1) is 11.2 Å². The van der Waals surface area contributed by atoms with Crippen molar-refractivity contribution in [2.75, 3.05) is 0 Å². The molecule has 3 rings (SSSR count). The van der Waals surface area contributed by atoms with Crippen LogP contribution in [-0.4, -0.2) is 15.0 Å². The van der Waals surface area contributed by atoms with E-state index in [4.69, 9.17) is 0 Å². The average Bonchev–Trinajstić information content (AvgIpc) is 2.93. The number of rotatable bonds is 2. The van der Waals surface area contributed by atoms with Crippen LogP contribution < -0.4 is 5.56 Å². The normalized spacial score (nSPS) is 10.4. The van der Waals surface area contributed by atoms with E-state index in [1.54, 1.807) is 5.51 Å². The molecule has 88 valence electrons. The standard InChI is InChI=1S/C13H9N3OS/c17-12-6-10(9-4-2-1-3-5-9)15-13(16-12)11-7-18-8-14-11/h1-8H,(H,15,16,17). The van der Waals surface area contributed by atoms with Crippen molar-refractivity contribution in [1.82, 2.24) is 15.0 Å². The van der Waals surface area contributed by atoms with Gasteiger partial charge in [-0.1, -0.05) is 30.3 Å². The molecular formula is C13H9N3OS. The summed E-state index contributed by atoms with van der Waals surface area (Å²) >= 11 is 1.47. The third kappa shape index (κ3) is 2.08. The van der Waals surface area contributed by atoms with Gasteiger partial charge in [0.25, 0.3) is 5.56 Å². The van der Waals surface area contributed by atoms with Gasteiger partial charge in [0.2, 0.25) is 0 Å². The summed E-state index contributed by atoms with van der Waals surface area (Å²) in [6.45, 7) is 0. The number of hydrogen-bond donors (Lipinski definition) is 1. The number of nitrogens with one attached hydrogen (secondary N) is 1. The fourth-order valence-electron chi connectivity index (χ4n) is 1.67. The molecule has 0 aliphatic rings. The molecule has 0 saturated carbocycles. The first kappa shape index (κ1) is 10.9. The lowest BCUT2D eigenvalue weighted by Gasteiger charge is -2.02. The Bertz CT molecular complexity index is 705. The molecule has 0 spiro atoms. The van der Waals surface area contributed by atoms with Crippen molar-refractivity contribution in [3.05, 3.63) is 57.6 Å². The van der Waals surface area contributed by atoms with Gasteiger partial charge in [0, 0.05) is 17.0 Å². The van der Waals surface area contributed by atoms with E-state index >= 15 is 0 Å². The van der Waals surface area contributed by atoms with Crippen molar-refractivity contribution in [2.45, 2.75) is 0 Å². The fraction of sp³-hybridized carbons (Fsp3) is 0. The lowest BCUT2D eigenvalue weighted by molar-refractivity contribution is 1.11. The molecule has 0 bridgehead atoms. The predicted octanol–water partition coefficient (Wildman–Crippen LogP) is 2.56. The Labute approximate surface area is 107 Å². The van der Waals surface area contributed by atoms with E-state index in [-0.39, 0.29) is 5.56 Å². The van der Waals surface area contributed by atoms with E-state index in [1.807, 2.05) is 35.7 Å². The molecule has 2 aromatic heterocycles. The number of benzene rings is 1. The highest BCUT2D eigenvalue weighted by Crippen LogP contribution is 2.18. The van der Waals surface area contributed by atoms with Crippen LogP contribution in [0.3, 0.4) is 0 Å². The van der Waals surface area contributed by atoms with Gasteiger partial charge in [0.15, 0.2) is 5.82 Å². The Morgan fingerprint density at radius 3 is 2.67 bits per heavy atom. The zero-order valence-electron chi connectivity index (χ0n) is 9.33. The third-order valence-corrected chi connectivity index (χ3v) is 3.07. The molecule has 0 amide bonds. The number of aromatic amines is 1. The number of aromatic nitrogens is 3. The zero-order chi connectivity index (χ0) is 12.4. The third-order valence-electron chi connectivity index (χ3n) is 2.49. The summed E-state index contributed by atoms with van der Waals surface area (Å²) in [4.78, 5) is 22.9. The van der Waals surface area contributed by atoms with Gasteiger partial charge in [-0.05, 0) is 0 Å². The van der Waals surface area contributed by atoms with Gasteiger partial charge < -0.3 is 4.98 Å². The largest absolute Gasteiger partial charge is 0.305 e. The first-order chi connectivity index (χ1) is 8.83. The number of hydrogen-bond acceptors (Lipinski definition) is 4. The number of H-pyrrole nitrogens is 1. The summed E-state index contributed by atoms with van der Waals surface area (Å²) < 4.78 is 0. The van der Waals surface area contributed by atoms with Crippen LogP contribution in [0, 0.1) is 0 Å². The predicted molar refractivity (Wildman–Crippen MR) is 71.4 cm³/mol. The van der Waals surface area contributed by atoms with Crippen LogP contribution in [-0.2, 0) is 0 Å². The molecule has 0 radical (unpaired) electrons. The zero-order valence-corrected chi connectivity index (χ0v) is 10.1. The average molecular weight is 255 g/mol.